The van der Waals surface area contributed by atoms with E-state index in [1.165, 1.54) is 28.4 Å². The third kappa shape index (κ3) is 8.43. The molecule has 0 aliphatic rings. The first kappa shape index (κ1) is 31.9. The van der Waals surface area contributed by atoms with Crippen LogP contribution in [0.15, 0.2) is 24.3 Å². The molecule has 1 N–H and O–H groups in total. The van der Waals surface area contributed by atoms with Crippen molar-refractivity contribution in [1.29, 1.82) is 0 Å². The summed E-state index contributed by atoms with van der Waals surface area (Å²) in [5.41, 5.74) is -0.569. The summed E-state index contributed by atoms with van der Waals surface area (Å²) in [7, 11) is 1.09. The normalized spacial score (nSPS) is 13.1. The van der Waals surface area contributed by atoms with Crippen LogP contribution in [0.25, 0.3) is 0 Å². The summed E-state index contributed by atoms with van der Waals surface area (Å²) < 4.78 is 51.6. The average molecular weight is 552 g/mol. The molecule has 1 aromatic rings. The van der Waals surface area contributed by atoms with Crippen LogP contribution in [-0.2, 0) is 39.8 Å². The molecule has 1 amide bonds. The van der Waals surface area contributed by atoms with Gasteiger partial charge in [-0.1, -0.05) is 24.3 Å². The van der Waals surface area contributed by atoms with Crippen molar-refractivity contribution in [2.24, 2.45) is 0 Å². The van der Waals surface area contributed by atoms with Crippen molar-refractivity contribution < 1.29 is 44.6 Å². The van der Waals surface area contributed by atoms with E-state index in [-0.39, 0.29) is 0 Å². The van der Waals surface area contributed by atoms with E-state index in [0.717, 1.165) is 5.19 Å². The molecule has 0 spiro atoms. The number of ether oxygens (including phenoxy) is 1. The molecule has 202 valence electrons. The Morgan fingerprint density at radius 1 is 0.743 bits per heavy atom. The van der Waals surface area contributed by atoms with E-state index >= 15 is 0 Å². The van der Waals surface area contributed by atoms with Gasteiger partial charge in [-0.2, -0.15) is 0 Å². The lowest BCUT2D eigenvalue weighted by molar-refractivity contribution is 0.0524. The molecule has 14 heteroatoms. The fraction of sp³-hybridized carbons (Fsp3) is 0.667. The number of carbonyl (C=O) groups excluding carboxylic acids is 1. The maximum absolute atomic E-state index is 11.9. The lowest BCUT2D eigenvalue weighted by Crippen LogP contribution is -2.64. The van der Waals surface area contributed by atoms with E-state index in [0.29, 0.717) is 24.2 Å². The molecule has 11 nitrogen and oxygen atoms in total. The van der Waals surface area contributed by atoms with Crippen LogP contribution in [0.1, 0.15) is 27.2 Å². The van der Waals surface area contributed by atoms with Gasteiger partial charge in [0.2, 0.25) is 0 Å². The molecule has 0 bridgehead atoms. The van der Waals surface area contributed by atoms with Crippen LogP contribution in [0, 0.1) is 0 Å². The topological polar surface area (TPSA) is 112 Å². The number of amides is 1. The van der Waals surface area contributed by atoms with E-state index < -0.39 is 38.1 Å². The highest BCUT2D eigenvalue weighted by Gasteiger charge is 2.53. The Labute approximate surface area is 212 Å². The molecule has 0 aliphatic heterocycles. The summed E-state index contributed by atoms with van der Waals surface area (Å²) in [6, 6.07) is 7.77. The van der Waals surface area contributed by atoms with Crippen molar-refractivity contribution in [2.45, 2.75) is 38.8 Å². The van der Waals surface area contributed by atoms with Crippen LogP contribution < -0.4 is 15.7 Å². The second-order valence-electron chi connectivity index (χ2n) is 8.44. The van der Waals surface area contributed by atoms with Gasteiger partial charge in [-0.25, -0.2) is 4.79 Å². The van der Waals surface area contributed by atoms with Crippen molar-refractivity contribution >= 4 is 42.9 Å². The van der Waals surface area contributed by atoms with Gasteiger partial charge in [0.25, 0.3) is 0 Å². The van der Waals surface area contributed by atoms with E-state index in [4.69, 9.17) is 39.8 Å². The summed E-state index contributed by atoms with van der Waals surface area (Å²) in [6.45, 7) is 5.79. The van der Waals surface area contributed by atoms with Crippen molar-refractivity contribution in [3.63, 3.8) is 0 Å². The number of carbonyl (C=O) groups is 1. The SMILES string of the molecule is CO[Si](CCCNC(=O)OC(C)(C)C)(OC)O[Si](OC)(OC)c1ccc([Si](OC)(OC)OC)cc1. The molecule has 0 unspecified atom stereocenters. The standard InChI is InChI=1S/C21H41NO10Si3/c1-21(2,3)31-20(23)22-16-11-17-33(24-4,25-5)32-35(29-9,30-10)19-14-12-18(13-15-19)34(26-6,27-7)28-8/h12-15H,11,16-17H2,1-10H3,(H,22,23). The zero-order valence-corrected chi connectivity index (χ0v) is 25.5. The molecular formula is C21H41NO10Si3. The zero-order chi connectivity index (χ0) is 26.8. The molecule has 0 saturated carbocycles. The average Bonchev–Trinajstić information content (AvgIpc) is 2.85. The van der Waals surface area contributed by atoms with E-state index in [9.17, 15) is 4.79 Å². The fourth-order valence-corrected chi connectivity index (χ4v) is 11.4. The minimum Gasteiger partial charge on any atom is -0.444 e. The predicted molar refractivity (Wildman–Crippen MR) is 137 cm³/mol. The second kappa shape index (κ2) is 13.9. The molecule has 0 radical (unpaired) electrons. The van der Waals surface area contributed by atoms with Crippen molar-refractivity contribution in [1.82, 2.24) is 5.32 Å². The number of benzene rings is 1. The van der Waals surface area contributed by atoms with Gasteiger partial charge < -0.3 is 45.2 Å². The highest BCUT2D eigenvalue weighted by molar-refractivity contribution is 6.83. The van der Waals surface area contributed by atoms with Crippen molar-refractivity contribution in [2.75, 3.05) is 56.3 Å². The molecule has 0 fully saturated rings. The highest BCUT2D eigenvalue weighted by Crippen LogP contribution is 2.23. The van der Waals surface area contributed by atoms with Gasteiger partial charge >= 0.3 is 32.5 Å². The molecule has 0 atom stereocenters. The van der Waals surface area contributed by atoms with Gasteiger partial charge in [0.05, 0.1) is 0 Å². The van der Waals surface area contributed by atoms with Crippen LogP contribution in [0.5, 0.6) is 0 Å². The lowest BCUT2D eigenvalue weighted by Gasteiger charge is -2.36. The summed E-state index contributed by atoms with van der Waals surface area (Å²) in [5.74, 6) is 0. The van der Waals surface area contributed by atoms with E-state index in [2.05, 4.69) is 5.32 Å². The Morgan fingerprint density at radius 2 is 1.17 bits per heavy atom. The summed E-state index contributed by atoms with van der Waals surface area (Å²) in [5, 5.41) is 4.21. The third-order valence-electron chi connectivity index (χ3n) is 5.18. The molecule has 0 saturated heterocycles. The zero-order valence-electron chi connectivity index (χ0n) is 22.5. The monoisotopic (exact) mass is 551 g/mol. The van der Waals surface area contributed by atoms with Gasteiger partial charge in [-0.3, -0.25) is 0 Å². The van der Waals surface area contributed by atoms with Gasteiger partial charge in [-0.05, 0) is 27.2 Å². The molecule has 35 heavy (non-hydrogen) atoms. The molecule has 0 heterocycles. The molecule has 0 aliphatic carbocycles. The molecule has 0 aromatic heterocycles. The number of alkyl carbamates (subject to hydrolysis) is 1. The maximum Gasteiger partial charge on any atom is 0.536 e. The first-order chi connectivity index (χ1) is 16.4. The molecule has 1 aromatic carbocycles. The summed E-state index contributed by atoms with van der Waals surface area (Å²) in [4.78, 5) is 11.9. The van der Waals surface area contributed by atoms with Crippen LogP contribution in [-0.4, -0.2) is 94.4 Å². The van der Waals surface area contributed by atoms with E-state index in [1.54, 1.807) is 21.3 Å². The Bertz CT molecular complexity index is 755. The fourth-order valence-electron chi connectivity index (χ4n) is 3.38. The Kier molecular flexibility index (Phi) is 12.7. The van der Waals surface area contributed by atoms with Gasteiger partial charge in [0.1, 0.15) is 5.60 Å². The number of rotatable bonds is 15. The van der Waals surface area contributed by atoms with Crippen LogP contribution in [0.3, 0.4) is 0 Å². The minimum absolute atomic E-state index is 0.362. The van der Waals surface area contributed by atoms with E-state index in [1.807, 2.05) is 45.0 Å². The largest absolute Gasteiger partial charge is 0.536 e. The Hall–Kier alpha value is -1.18. The summed E-state index contributed by atoms with van der Waals surface area (Å²) >= 11 is 0. The van der Waals surface area contributed by atoms with Crippen LogP contribution in [0.2, 0.25) is 6.04 Å². The van der Waals surface area contributed by atoms with Gasteiger partial charge in [-0.15, -0.1) is 0 Å². The molecule has 1 rings (SSSR count). The minimum atomic E-state index is -3.43. The predicted octanol–water partition coefficient (Wildman–Crippen LogP) is 1.37. The lowest BCUT2D eigenvalue weighted by atomic mass is 10.2. The Balaban J connectivity index is 3.06. The van der Waals surface area contributed by atoms with Gasteiger partial charge in [0, 0.05) is 72.7 Å². The second-order valence-corrected chi connectivity index (χ2v) is 17.4. The summed E-state index contributed by atoms with van der Waals surface area (Å²) in [6.07, 6.45) is 0.0501. The number of hydrogen-bond donors (Lipinski definition) is 1. The molecular weight excluding hydrogens is 510 g/mol. The van der Waals surface area contributed by atoms with Crippen LogP contribution >= 0.6 is 0 Å². The maximum atomic E-state index is 11.9. The van der Waals surface area contributed by atoms with Crippen molar-refractivity contribution in [3.05, 3.63) is 24.3 Å². The third-order valence-corrected chi connectivity index (χ3v) is 14.5. The van der Waals surface area contributed by atoms with Crippen LogP contribution in [0.4, 0.5) is 4.79 Å². The first-order valence-electron chi connectivity index (χ1n) is 11.1. The highest BCUT2D eigenvalue weighted by atomic mass is 28.5. The van der Waals surface area contributed by atoms with Crippen molar-refractivity contribution in [3.8, 4) is 0 Å². The smallest absolute Gasteiger partial charge is 0.444 e. The first-order valence-corrected chi connectivity index (χ1v) is 16.5. The number of nitrogens with one attached hydrogen (secondary N) is 1. The number of hydrogen-bond acceptors (Lipinski definition) is 10. The Morgan fingerprint density at radius 3 is 1.54 bits per heavy atom. The quantitative estimate of drug-likeness (QED) is 0.253. The van der Waals surface area contributed by atoms with Gasteiger partial charge in [0.15, 0.2) is 0 Å².